The van der Waals surface area contributed by atoms with Gasteiger partial charge in [0, 0.05) is 38.1 Å². The minimum absolute atomic E-state index is 0.00906. The first-order valence-corrected chi connectivity index (χ1v) is 12.6. The van der Waals surface area contributed by atoms with Crippen molar-refractivity contribution in [1.82, 2.24) is 9.21 Å². The number of rotatable bonds is 6. The first-order valence-electron chi connectivity index (χ1n) is 9.24. The number of carbonyl (C=O) groups is 1. The number of benzene rings is 2. The monoisotopic (exact) mass is 473 g/mol. The van der Waals surface area contributed by atoms with E-state index in [4.69, 9.17) is 0 Å². The summed E-state index contributed by atoms with van der Waals surface area (Å²) in [5, 5.41) is 2.61. The minimum Gasteiger partial charge on any atom is -0.325 e. The van der Waals surface area contributed by atoms with Gasteiger partial charge in [-0.25, -0.2) is 25.6 Å². The second-order valence-corrected chi connectivity index (χ2v) is 11.0. The van der Waals surface area contributed by atoms with E-state index >= 15 is 0 Å². The lowest BCUT2D eigenvalue weighted by atomic mass is 10.3. The normalized spacial score (nSPS) is 16.2. The largest absolute Gasteiger partial charge is 0.325 e. The molecule has 0 spiro atoms. The smallest absolute Gasteiger partial charge is 0.246 e. The van der Waals surface area contributed by atoms with Gasteiger partial charge < -0.3 is 5.32 Å². The van der Waals surface area contributed by atoms with E-state index in [1.165, 1.54) is 18.2 Å². The number of hydrogen-bond donors (Lipinski definition) is 1. The molecule has 3 rings (SSSR count). The molecular formula is C19H21F2N3O5S2. The number of sulfonamides is 1. The molecule has 0 radical (unpaired) electrons. The van der Waals surface area contributed by atoms with E-state index in [1.54, 1.807) is 11.0 Å². The molecule has 2 aromatic rings. The van der Waals surface area contributed by atoms with Crippen LogP contribution in [0.2, 0.25) is 0 Å². The third kappa shape index (κ3) is 5.64. The highest BCUT2D eigenvalue weighted by Crippen LogP contribution is 2.22. The molecule has 168 valence electrons. The highest BCUT2D eigenvalue weighted by molar-refractivity contribution is 7.90. The van der Waals surface area contributed by atoms with E-state index < -0.39 is 42.3 Å². The van der Waals surface area contributed by atoms with Gasteiger partial charge in [-0.15, -0.1) is 0 Å². The summed E-state index contributed by atoms with van der Waals surface area (Å²) in [6, 6.07) is 8.11. The van der Waals surface area contributed by atoms with Crippen LogP contribution < -0.4 is 5.32 Å². The maximum Gasteiger partial charge on any atom is 0.246 e. The molecule has 0 unspecified atom stereocenters. The van der Waals surface area contributed by atoms with Crippen molar-refractivity contribution in [2.45, 2.75) is 9.79 Å². The Morgan fingerprint density at radius 1 is 1.00 bits per heavy atom. The summed E-state index contributed by atoms with van der Waals surface area (Å²) >= 11 is 0. The Morgan fingerprint density at radius 3 is 2.32 bits per heavy atom. The molecule has 12 heteroatoms. The van der Waals surface area contributed by atoms with Crippen LogP contribution in [-0.4, -0.2) is 70.9 Å². The van der Waals surface area contributed by atoms with Gasteiger partial charge in [-0.1, -0.05) is 6.07 Å². The molecule has 2 aromatic carbocycles. The summed E-state index contributed by atoms with van der Waals surface area (Å²) in [7, 11) is -7.61. The average Bonchev–Trinajstić information content (AvgIpc) is 2.69. The van der Waals surface area contributed by atoms with Crippen molar-refractivity contribution in [2.75, 3.05) is 44.3 Å². The molecule has 31 heavy (non-hydrogen) atoms. The van der Waals surface area contributed by atoms with Crippen LogP contribution in [0.1, 0.15) is 0 Å². The molecule has 0 aromatic heterocycles. The van der Waals surface area contributed by atoms with Gasteiger partial charge in [0.15, 0.2) is 9.84 Å². The fourth-order valence-electron chi connectivity index (χ4n) is 3.15. The maximum atomic E-state index is 13.9. The molecule has 1 aliphatic rings. The molecule has 0 aliphatic carbocycles. The molecular weight excluding hydrogens is 452 g/mol. The van der Waals surface area contributed by atoms with Gasteiger partial charge in [0.1, 0.15) is 16.5 Å². The number of nitrogens with zero attached hydrogens (tertiary/aromatic N) is 2. The van der Waals surface area contributed by atoms with Crippen LogP contribution in [0.5, 0.6) is 0 Å². The number of carbonyl (C=O) groups excluding carboxylic acids is 1. The third-order valence-electron chi connectivity index (χ3n) is 4.76. The predicted molar refractivity (Wildman–Crippen MR) is 110 cm³/mol. The second kappa shape index (κ2) is 8.99. The van der Waals surface area contributed by atoms with E-state index in [0.29, 0.717) is 11.8 Å². The molecule has 1 aliphatic heterocycles. The molecule has 0 saturated carbocycles. The van der Waals surface area contributed by atoms with E-state index in [-0.39, 0.29) is 37.6 Å². The van der Waals surface area contributed by atoms with Crippen LogP contribution in [0.4, 0.5) is 14.5 Å². The average molecular weight is 474 g/mol. The molecule has 1 saturated heterocycles. The molecule has 8 nitrogen and oxygen atoms in total. The van der Waals surface area contributed by atoms with Gasteiger partial charge >= 0.3 is 0 Å². The molecule has 1 fully saturated rings. The predicted octanol–water partition coefficient (Wildman–Crippen LogP) is 1.31. The van der Waals surface area contributed by atoms with E-state index in [9.17, 15) is 30.4 Å². The summed E-state index contributed by atoms with van der Waals surface area (Å²) in [5.74, 6) is -2.27. The summed E-state index contributed by atoms with van der Waals surface area (Å²) in [4.78, 5) is 13.4. The van der Waals surface area contributed by atoms with Crippen molar-refractivity contribution < 1.29 is 30.4 Å². The number of anilines is 1. The molecule has 0 atom stereocenters. The Morgan fingerprint density at radius 2 is 1.68 bits per heavy atom. The fraction of sp³-hybridized carbons (Fsp3) is 0.316. The van der Waals surface area contributed by atoms with Crippen LogP contribution in [0, 0.1) is 11.6 Å². The van der Waals surface area contributed by atoms with Crippen molar-refractivity contribution >= 4 is 31.5 Å². The lowest BCUT2D eigenvalue weighted by Crippen LogP contribution is -2.50. The van der Waals surface area contributed by atoms with Gasteiger partial charge in [-0.05, 0) is 36.4 Å². The third-order valence-corrected chi connectivity index (χ3v) is 7.78. The Balaban J connectivity index is 1.59. The topological polar surface area (TPSA) is 104 Å². The summed E-state index contributed by atoms with van der Waals surface area (Å²) in [6.07, 6.45) is 1.07. The first-order chi connectivity index (χ1) is 14.5. The Hall–Kier alpha value is -2.41. The Kier molecular flexibility index (Phi) is 6.74. The van der Waals surface area contributed by atoms with Crippen LogP contribution in [-0.2, 0) is 24.7 Å². The van der Waals surface area contributed by atoms with Crippen LogP contribution in [0.25, 0.3) is 0 Å². The lowest BCUT2D eigenvalue weighted by Gasteiger charge is -2.33. The van der Waals surface area contributed by atoms with Crippen molar-refractivity contribution in [2.24, 2.45) is 0 Å². The van der Waals surface area contributed by atoms with Gasteiger partial charge in [-0.3, -0.25) is 9.69 Å². The summed E-state index contributed by atoms with van der Waals surface area (Å²) in [5.41, 5.74) is 0.329. The highest BCUT2D eigenvalue weighted by Gasteiger charge is 2.31. The summed E-state index contributed by atoms with van der Waals surface area (Å²) < 4.78 is 76.8. The molecule has 0 bridgehead atoms. The SMILES string of the molecule is CS(=O)(=O)c1cccc(NC(=O)CN2CCN(S(=O)(=O)c3cc(F)ccc3F)CC2)c1. The number of nitrogens with one attached hydrogen (secondary N) is 1. The number of sulfone groups is 1. The standard InChI is InChI=1S/C19H21F2N3O5S2/c1-30(26,27)16-4-2-3-15(12-16)22-19(25)13-23-7-9-24(10-8-23)31(28,29)18-11-14(20)5-6-17(18)21/h2-6,11-12H,7-10,13H2,1H3,(H,22,25). The molecule has 1 N–H and O–H groups in total. The van der Waals surface area contributed by atoms with Crippen LogP contribution >= 0.6 is 0 Å². The minimum atomic E-state index is -4.20. The lowest BCUT2D eigenvalue weighted by molar-refractivity contribution is -0.117. The number of hydrogen-bond acceptors (Lipinski definition) is 6. The fourth-order valence-corrected chi connectivity index (χ4v) is 5.32. The first kappa shape index (κ1) is 23.3. The molecule has 1 amide bonds. The second-order valence-electron chi connectivity index (χ2n) is 7.10. The van der Waals surface area contributed by atoms with Crippen molar-refractivity contribution in [3.63, 3.8) is 0 Å². The van der Waals surface area contributed by atoms with E-state index in [2.05, 4.69) is 5.32 Å². The zero-order valence-electron chi connectivity index (χ0n) is 16.6. The number of halogens is 2. The zero-order valence-corrected chi connectivity index (χ0v) is 18.2. The van der Waals surface area contributed by atoms with Crippen molar-refractivity contribution in [3.05, 3.63) is 54.1 Å². The van der Waals surface area contributed by atoms with E-state index in [0.717, 1.165) is 22.7 Å². The number of piperazine rings is 1. The zero-order chi connectivity index (χ0) is 22.8. The summed E-state index contributed by atoms with van der Waals surface area (Å²) in [6.45, 7) is 0.412. The van der Waals surface area contributed by atoms with Crippen LogP contribution in [0.3, 0.4) is 0 Å². The Bertz CT molecular complexity index is 1190. The van der Waals surface area contributed by atoms with Gasteiger partial charge in [-0.2, -0.15) is 4.31 Å². The number of amides is 1. The van der Waals surface area contributed by atoms with Crippen molar-refractivity contribution in [1.29, 1.82) is 0 Å². The molecule has 1 heterocycles. The van der Waals surface area contributed by atoms with Gasteiger partial charge in [0.05, 0.1) is 11.4 Å². The van der Waals surface area contributed by atoms with Gasteiger partial charge in [0.25, 0.3) is 0 Å². The Labute approximate surface area is 179 Å². The highest BCUT2D eigenvalue weighted by atomic mass is 32.2. The quantitative estimate of drug-likeness (QED) is 0.679. The van der Waals surface area contributed by atoms with E-state index in [1.807, 2.05) is 0 Å². The van der Waals surface area contributed by atoms with Crippen LogP contribution in [0.15, 0.2) is 52.3 Å². The van der Waals surface area contributed by atoms with Crippen molar-refractivity contribution in [3.8, 4) is 0 Å². The maximum absolute atomic E-state index is 13.9. The van der Waals surface area contributed by atoms with Gasteiger partial charge in [0.2, 0.25) is 15.9 Å².